The Morgan fingerprint density at radius 1 is 1.19 bits per heavy atom. The van der Waals surface area contributed by atoms with Crippen LogP contribution in [0.25, 0.3) is 0 Å². The lowest BCUT2D eigenvalue weighted by Crippen LogP contribution is -2.14. The van der Waals surface area contributed by atoms with Crippen LogP contribution in [0.15, 0.2) is 30.5 Å². The van der Waals surface area contributed by atoms with Gasteiger partial charge in [-0.1, -0.05) is 51.3 Å². The maximum Gasteiger partial charge on any atom is 0.282 e. The minimum Gasteiger partial charge on any atom is -0.322 e. The molecule has 4 rings (SSSR count). The minimum atomic E-state index is -2.77. The summed E-state index contributed by atoms with van der Waals surface area (Å²) in [6, 6.07) is 7.49. The van der Waals surface area contributed by atoms with Crippen LogP contribution in [0.1, 0.15) is 79.9 Å². The fraction of sp³-hybridized carbons (Fsp3) is 0.500. The lowest BCUT2D eigenvalue weighted by molar-refractivity contribution is 0.101. The maximum absolute atomic E-state index is 12.9. The summed E-state index contributed by atoms with van der Waals surface area (Å²) in [5, 5.41) is 6.38. The van der Waals surface area contributed by atoms with E-state index in [0.29, 0.717) is 11.6 Å². The third-order valence-electron chi connectivity index (χ3n) is 3.89. The molecule has 6 heteroatoms. The second-order valence-electron chi connectivity index (χ2n) is 6.28. The summed E-state index contributed by atoms with van der Waals surface area (Å²) in [6.45, 7) is 4.00. The van der Waals surface area contributed by atoms with Crippen molar-refractivity contribution in [3.63, 3.8) is 0 Å². The van der Waals surface area contributed by atoms with E-state index in [9.17, 15) is 13.6 Å². The zero-order chi connectivity index (χ0) is 19.1. The van der Waals surface area contributed by atoms with Gasteiger partial charge in [0.25, 0.3) is 12.3 Å². The molecule has 2 aliphatic rings. The van der Waals surface area contributed by atoms with E-state index in [2.05, 4.69) is 10.4 Å². The Kier molecular flexibility index (Phi) is 7.30. The molecule has 0 saturated heterocycles. The van der Waals surface area contributed by atoms with Crippen LogP contribution < -0.4 is 5.32 Å². The average molecular weight is 363 g/mol. The highest BCUT2D eigenvalue weighted by Crippen LogP contribution is 2.43. The second kappa shape index (κ2) is 9.46. The number of aromatic nitrogens is 2. The number of carbonyl (C=O) groups excluding carboxylic acids is 1. The first kappa shape index (κ1) is 20.1. The van der Waals surface area contributed by atoms with E-state index < -0.39 is 18.0 Å². The summed E-state index contributed by atoms with van der Waals surface area (Å²) in [4.78, 5) is 12.3. The van der Waals surface area contributed by atoms with E-state index in [1.807, 2.05) is 32.0 Å². The van der Waals surface area contributed by atoms with Gasteiger partial charge in [-0.25, -0.2) is 8.78 Å². The number of carbonyl (C=O) groups is 1. The molecule has 1 amide bonds. The van der Waals surface area contributed by atoms with Crippen LogP contribution in [0.4, 0.5) is 14.5 Å². The van der Waals surface area contributed by atoms with E-state index in [1.54, 1.807) is 6.07 Å². The van der Waals surface area contributed by atoms with Gasteiger partial charge in [0.15, 0.2) is 0 Å². The normalized spacial score (nSPS) is 14.7. The Bertz CT molecular complexity index is 719. The highest BCUT2D eigenvalue weighted by molar-refractivity contribution is 6.05. The molecule has 1 N–H and O–H groups in total. The van der Waals surface area contributed by atoms with Crippen LogP contribution in [0.2, 0.25) is 0 Å². The van der Waals surface area contributed by atoms with Crippen molar-refractivity contribution >= 4 is 11.6 Å². The van der Waals surface area contributed by atoms with Gasteiger partial charge in [-0.3, -0.25) is 9.48 Å². The van der Waals surface area contributed by atoms with Crippen molar-refractivity contribution in [2.45, 2.75) is 58.3 Å². The minimum absolute atomic E-state index is 0.0851. The maximum atomic E-state index is 12.9. The predicted octanol–water partition coefficient (Wildman–Crippen LogP) is 5.68. The quantitative estimate of drug-likeness (QED) is 0.759. The highest BCUT2D eigenvalue weighted by atomic mass is 19.3. The van der Waals surface area contributed by atoms with Crippen molar-refractivity contribution in [2.24, 2.45) is 7.05 Å². The molecular weight excluding hydrogens is 336 g/mol. The van der Waals surface area contributed by atoms with Crippen molar-refractivity contribution < 1.29 is 13.6 Å². The summed E-state index contributed by atoms with van der Waals surface area (Å²) < 4.78 is 27.0. The van der Waals surface area contributed by atoms with Gasteiger partial charge in [0.05, 0.1) is 5.56 Å². The molecule has 0 unspecified atom stereocenters. The summed E-state index contributed by atoms with van der Waals surface area (Å²) in [6.07, 6.45) is 5.24. The number of alkyl halides is 2. The summed E-state index contributed by atoms with van der Waals surface area (Å²) in [5.41, 5.74) is 1.18. The van der Waals surface area contributed by atoms with Crippen LogP contribution in [0.3, 0.4) is 0 Å². The summed E-state index contributed by atoms with van der Waals surface area (Å²) in [5.74, 6) is -0.0866. The molecule has 0 aliphatic heterocycles. The van der Waals surface area contributed by atoms with Crippen molar-refractivity contribution in [3.05, 3.63) is 47.3 Å². The fourth-order valence-electron chi connectivity index (χ4n) is 2.39. The third kappa shape index (κ3) is 5.64. The van der Waals surface area contributed by atoms with Gasteiger partial charge >= 0.3 is 0 Å². The van der Waals surface area contributed by atoms with E-state index in [1.165, 1.54) is 37.2 Å². The SMILES string of the molecule is C1CC1.CC.Cn1cc(C(=O)Nc2ccccc2C2CC2)c(C(F)F)n1. The standard InChI is InChI=1S/C15H15F2N3O.C3H6.C2H6/c1-20-8-11(13(19-20)14(16)17)15(21)18-12-5-3-2-4-10(12)9-6-7-9;1-2-3-1;1-2/h2-5,8-9,14H,6-7H2,1H3,(H,18,21);1-3H2;1-2H3. The monoisotopic (exact) mass is 363 g/mol. The molecule has 2 fully saturated rings. The molecule has 142 valence electrons. The lowest BCUT2D eigenvalue weighted by atomic mass is 10.1. The zero-order valence-electron chi connectivity index (χ0n) is 15.6. The molecule has 2 aromatic rings. The first-order chi connectivity index (χ1) is 12.6. The Hall–Kier alpha value is -2.24. The predicted molar refractivity (Wildman–Crippen MR) is 99.7 cm³/mol. The molecule has 1 aromatic heterocycles. The Labute approximate surface area is 153 Å². The largest absolute Gasteiger partial charge is 0.322 e. The van der Waals surface area contributed by atoms with Gasteiger partial charge in [0.1, 0.15) is 5.69 Å². The van der Waals surface area contributed by atoms with E-state index in [4.69, 9.17) is 0 Å². The zero-order valence-corrected chi connectivity index (χ0v) is 15.6. The van der Waals surface area contributed by atoms with Crippen LogP contribution in [-0.2, 0) is 7.05 Å². The van der Waals surface area contributed by atoms with Gasteiger partial charge in [0, 0.05) is 18.9 Å². The van der Waals surface area contributed by atoms with E-state index >= 15 is 0 Å². The number of nitrogens with one attached hydrogen (secondary N) is 1. The number of halogens is 2. The van der Waals surface area contributed by atoms with Gasteiger partial charge in [-0.05, 0) is 30.4 Å². The first-order valence-electron chi connectivity index (χ1n) is 9.28. The first-order valence-corrected chi connectivity index (χ1v) is 9.28. The number of benzene rings is 1. The molecule has 0 bridgehead atoms. The molecule has 0 atom stereocenters. The Morgan fingerprint density at radius 2 is 1.81 bits per heavy atom. The summed E-state index contributed by atoms with van der Waals surface area (Å²) >= 11 is 0. The number of anilines is 1. The van der Waals surface area contributed by atoms with Crippen molar-refractivity contribution in [1.29, 1.82) is 0 Å². The molecule has 1 heterocycles. The van der Waals surface area contributed by atoms with Gasteiger partial charge in [-0.2, -0.15) is 5.10 Å². The van der Waals surface area contributed by atoms with Crippen molar-refractivity contribution in [1.82, 2.24) is 9.78 Å². The number of nitrogens with zero attached hydrogens (tertiary/aromatic N) is 2. The van der Waals surface area contributed by atoms with Crippen LogP contribution in [0.5, 0.6) is 0 Å². The Morgan fingerprint density at radius 3 is 2.35 bits per heavy atom. The van der Waals surface area contributed by atoms with Crippen LogP contribution in [-0.4, -0.2) is 15.7 Å². The molecule has 0 spiro atoms. The number of hydrogen-bond donors (Lipinski definition) is 1. The number of hydrogen-bond acceptors (Lipinski definition) is 2. The van der Waals surface area contributed by atoms with Gasteiger partial charge < -0.3 is 5.32 Å². The second-order valence-corrected chi connectivity index (χ2v) is 6.28. The molecule has 0 radical (unpaired) electrons. The number of amides is 1. The van der Waals surface area contributed by atoms with E-state index in [0.717, 1.165) is 18.4 Å². The Balaban J connectivity index is 0.000000429. The number of rotatable bonds is 4. The van der Waals surface area contributed by atoms with Crippen molar-refractivity contribution in [2.75, 3.05) is 5.32 Å². The molecule has 2 aliphatic carbocycles. The molecule has 1 aromatic carbocycles. The number of aryl methyl sites for hydroxylation is 1. The highest BCUT2D eigenvalue weighted by Gasteiger charge is 2.27. The molecule has 4 nitrogen and oxygen atoms in total. The smallest absolute Gasteiger partial charge is 0.282 e. The van der Waals surface area contributed by atoms with Gasteiger partial charge in [0.2, 0.25) is 0 Å². The van der Waals surface area contributed by atoms with Crippen LogP contribution in [0, 0.1) is 0 Å². The number of para-hydroxylation sites is 1. The average Bonchev–Trinajstić information content (AvgIpc) is 3.54. The van der Waals surface area contributed by atoms with Crippen molar-refractivity contribution in [3.8, 4) is 0 Å². The fourth-order valence-corrected chi connectivity index (χ4v) is 2.39. The third-order valence-corrected chi connectivity index (χ3v) is 3.89. The topological polar surface area (TPSA) is 46.9 Å². The lowest BCUT2D eigenvalue weighted by Gasteiger charge is -2.10. The molecule has 2 saturated carbocycles. The molecule has 26 heavy (non-hydrogen) atoms. The van der Waals surface area contributed by atoms with E-state index in [-0.39, 0.29) is 5.56 Å². The summed E-state index contributed by atoms with van der Waals surface area (Å²) in [7, 11) is 1.51. The molecular formula is C20H27F2N3O. The van der Waals surface area contributed by atoms with Gasteiger partial charge in [-0.15, -0.1) is 0 Å². The van der Waals surface area contributed by atoms with Crippen LogP contribution >= 0.6 is 0 Å².